The molecule has 0 aliphatic carbocycles. The minimum Gasteiger partial charge on any atom is -0.478 e. The van der Waals surface area contributed by atoms with Gasteiger partial charge in [0.25, 0.3) is 0 Å². The summed E-state index contributed by atoms with van der Waals surface area (Å²) in [7, 11) is 0. The Morgan fingerprint density at radius 1 is 1.40 bits per heavy atom. The Balaban J connectivity index is 2.22. The number of fused-ring (bicyclic) bond motifs is 1. The van der Waals surface area contributed by atoms with Crippen molar-refractivity contribution in [1.29, 1.82) is 0 Å². The Labute approximate surface area is 118 Å². The van der Waals surface area contributed by atoms with Crippen LogP contribution in [0.5, 0.6) is 0 Å². The van der Waals surface area contributed by atoms with Gasteiger partial charge in [0.15, 0.2) is 0 Å². The molecule has 1 aromatic carbocycles. The van der Waals surface area contributed by atoms with Crippen LogP contribution in [0.25, 0.3) is 0 Å². The molecule has 0 spiro atoms. The van der Waals surface area contributed by atoms with Crippen LogP contribution in [0.1, 0.15) is 42.1 Å². The number of nitrogens with zero attached hydrogens (tertiary/aromatic N) is 1. The summed E-state index contributed by atoms with van der Waals surface area (Å²) in [6.45, 7) is 3.36. The van der Waals surface area contributed by atoms with Crippen molar-refractivity contribution in [2.45, 2.75) is 32.6 Å². The summed E-state index contributed by atoms with van der Waals surface area (Å²) in [5.41, 5.74) is 1.79. The quantitative estimate of drug-likeness (QED) is 0.831. The van der Waals surface area contributed by atoms with Gasteiger partial charge in [0, 0.05) is 18.8 Å². The predicted octanol–water partition coefficient (Wildman–Crippen LogP) is 2.65. The number of amides is 2. The van der Waals surface area contributed by atoms with E-state index in [-0.39, 0.29) is 6.03 Å². The molecule has 1 aliphatic rings. The zero-order valence-electron chi connectivity index (χ0n) is 11.7. The maximum Gasteiger partial charge on any atom is 0.336 e. The van der Waals surface area contributed by atoms with E-state index in [1.54, 1.807) is 17.0 Å². The summed E-state index contributed by atoms with van der Waals surface area (Å²) in [6.07, 6.45) is 3.47. The first kappa shape index (κ1) is 14.4. The van der Waals surface area contributed by atoms with Gasteiger partial charge >= 0.3 is 12.0 Å². The van der Waals surface area contributed by atoms with Gasteiger partial charge < -0.3 is 10.4 Å². The molecule has 2 rings (SSSR count). The number of rotatable bonds is 4. The van der Waals surface area contributed by atoms with Crippen molar-refractivity contribution in [3.8, 4) is 0 Å². The number of carboxylic acid groups (broad SMARTS) is 1. The molecule has 5 nitrogen and oxygen atoms in total. The summed E-state index contributed by atoms with van der Waals surface area (Å²) >= 11 is 0. The Hall–Kier alpha value is -2.04. The van der Waals surface area contributed by atoms with E-state index in [0.717, 1.165) is 30.5 Å². The molecule has 1 aliphatic heterocycles. The lowest BCUT2D eigenvalue weighted by molar-refractivity contribution is 0.0695. The molecule has 1 aromatic rings. The molecule has 0 radical (unpaired) electrons. The fourth-order valence-corrected chi connectivity index (χ4v) is 2.50. The lowest BCUT2D eigenvalue weighted by Crippen LogP contribution is -2.43. The fourth-order valence-electron chi connectivity index (χ4n) is 2.50. The lowest BCUT2D eigenvalue weighted by atomic mass is 9.96. The number of carbonyl (C=O) groups excluding carboxylic acids is 1. The Morgan fingerprint density at radius 2 is 2.20 bits per heavy atom. The van der Waals surface area contributed by atoms with Gasteiger partial charge in [-0.3, -0.25) is 4.90 Å². The topological polar surface area (TPSA) is 69.6 Å². The molecule has 0 unspecified atom stereocenters. The van der Waals surface area contributed by atoms with Crippen molar-refractivity contribution in [2.24, 2.45) is 0 Å². The number of aromatic carboxylic acids is 1. The number of urea groups is 1. The monoisotopic (exact) mass is 276 g/mol. The van der Waals surface area contributed by atoms with Gasteiger partial charge in [-0.1, -0.05) is 19.4 Å². The summed E-state index contributed by atoms with van der Waals surface area (Å²) in [5.74, 6) is -0.935. The second kappa shape index (κ2) is 6.41. The number of anilines is 1. The number of carbonyl (C=O) groups is 2. The van der Waals surface area contributed by atoms with E-state index >= 15 is 0 Å². The fraction of sp³-hybridized carbons (Fsp3) is 0.467. The molecule has 108 valence electrons. The van der Waals surface area contributed by atoms with Gasteiger partial charge in [-0.25, -0.2) is 9.59 Å². The van der Waals surface area contributed by atoms with Crippen LogP contribution in [0.2, 0.25) is 0 Å². The van der Waals surface area contributed by atoms with Gasteiger partial charge in [0.1, 0.15) is 0 Å². The van der Waals surface area contributed by atoms with Crippen molar-refractivity contribution >= 4 is 17.7 Å². The Bertz CT molecular complexity index is 514. The number of carboxylic acids is 1. The Morgan fingerprint density at radius 3 is 2.90 bits per heavy atom. The van der Waals surface area contributed by atoms with Gasteiger partial charge in [0.2, 0.25) is 0 Å². The first-order valence-corrected chi connectivity index (χ1v) is 7.05. The van der Waals surface area contributed by atoms with E-state index in [1.807, 2.05) is 6.07 Å². The zero-order valence-corrected chi connectivity index (χ0v) is 11.7. The minimum atomic E-state index is -0.935. The maximum atomic E-state index is 12.2. The molecule has 0 aromatic heterocycles. The highest BCUT2D eigenvalue weighted by atomic mass is 16.4. The van der Waals surface area contributed by atoms with Crippen LogP contribution in [0.3, 0.4) is 0 Å². The molecule has 1 heterocycles. The van der Waals surface area contributed by atoms with Gasteiger partial charge in [0.05, 0.1) is 5.56 Å². The smallest absolute Gasteiger partial charge is 0.336 e. The van der Waals surface area contributed by atoms with E-state index in [1.165, 1.54) is 0 Å². The van der Waals surface area contributed by atoms with E-state index < -0.39 is 5.97 Å². The molecule has 0 bridgehead atoms. The van der Waals surface area contributed by atoms with Crippen LogP contribution in [0, 0.1) is 0 Å². The number of unbranched alkanes of at least 4 members (excludes halogenated alkanes) is 1. The summed E-state index contributed by atoms with van der Waals surface area (Å²) < 4.78 is 0. The van der Waals surface area contributed by atoms with Crippen LogP contribution in [0.15, 0.2) is 18.2 Å². The van der Waals surface area contributed by atoms with Crippen LogP contribution >= 0.6 is 0 Å². The van der Waals surface area contributed by atoms with Crippen LogP contribution < -0.4 is 10.2 Å². The molecule has 0 saturated heterocycles. The summed E-state index contributed by atoms with van der Waals surface area (Å²) in [6, 6.07) is 4.97. The summed E-state index contributed by atoms with van der Waals surface area (Å²) in [5, 5.41) is 12.1. The number of hydrogen-bond donors (Lipinski definition) is 2. The highest BCUT2D eigenvalue weighted by molar-refractivity contribution is 5.97. The van der Waals surface area contributed by atoms with E-state index in [9.17, 15) is 14.7 Å². The lowest BCUT2D eigenvalue weighted by Gasteiger charge is -2.30. The third kappa shape index (κ3) is 2.92. The third-order valence-electron chi connectivity index (χ3n) is 3.53. The second-order valence-corrected chi connectivity index (χ2v) is 4.95. The molecular weight excluding hydrogens is 256 g/mol. The van der Waals surface area contributed by atoms with Crippen LogP contribution in [0.4, 0.5) is 10.5 Å². The molecule has 0 fully saturated rings. The number of benzene rings is 1. The van der Waals surface area contributed by atoms with Gasteiger partial charge in [-0.2, -0.15) is 0 Å². The average molecular weight is 276 g/mol. The molecule has 0 saturated carbocycles. The molecule has 2 amide bonds. The van der Waals surface area contributed by atoms with Crippen LogP contribution in [-0.4, -0.2) is 30.2 Å². The van der Waals surface area contributed by atoms with Crippen LogP contribution in [-0.2, 0) is 6.42 Å². The average Bonchev–Trinajstić information content (AvgIpc) is 2.46. The first-order chi connectivity index (χ1) is 9.65. The SMILES string of the molecule is CCCCNC(=O)N1CCCc2c(C(=O)O)cccc21. The van der Waals surface area contributed by atoms with Crippen molar-refractivity contribution in [3.63, 3.8) is 0 Å². The predicted molar refractivity (Wildman–Crippen MR) is 77.4 cm³/mol. The van der Waals surface area contributed by atoms with Gasteiger partial charge in [-0.15, -0.1) is 0 Å². The van der Waals surface area contributed by atoms with E-state index in [2.05, 4.69) is 12.2 Å². The van der Waals surface area contributed by atoms with Crippen molar-refractivity contribution in [2.75, 3.05) is 18.0 Å². The molecule has 20 heavy (non-hydrogen) atoms. The van der Waals surface area contributed by atoms with Crippen molar-refractivity contribution in [1.82, 2.24) is 5.32 Å². The largest absolute Gasteiger partial charge is 0.478 e. The standard InChI is InChI=1S/C15H20N2O3/c1-2-3-9-16-15(20)17-10-5-7-11-12(14(18)19)6-4-8-13(11)17/h4,6,8H,2-3,5,7,9-10H2,1H3,(H,16,20)(H,18,19). The normalized spacial score (nSPS) is 13.8. The molecule has 5 heteroatoms. The van der Waals surface area contributed by atoms with E-state index in [4.69, 9.17) is 0 Å². The van der Waals surface area contributed by atoms with Gasteiger partial charge in [-0.05, 0) is 37.0 Å². The minimum absolute atomic E-state index is 0.137. The van der Waals surface area contributed by atoms with Crippen molar-refractivity contribution < 1.29 is 14.7 Å². The maximum absolute atomic E-state index is 12.2. The highest BCUT2D eigenvalue weighted by Crippen LogP contribution is 2.29. The first-order valence-electron chi connectivity index (χ1n) is 7.05. The highest BCUT2D eigenvalue weighted by Gasteiger charge is 2.25. The third-order valence-corrected chi connectivity index (χ3v) is 3.53. The number of nitrogens with one attached hydrogen (secondary N) is 1. The Kier molecular flexibility index (Phi) is 4.61. The number of hydrogen-bond acceptors (Lipinski definition) is 2. The second-order valence-electron chi connectivity index (χ2n) is 4.95. The van der Waals surface area contributed by atoms with E-state index in [0.29, 0.717) is 25.1 Å². The van der Waals surface area contributed by atoms with Crippen molar-refractivity contribution in [3.05, 3.63) is 29.3 Å². The molecule has 0 atom stereocenters. The zero-order chi connectivity index (χ0) is 14.5. The summed E-state index contributed by atoms with van der Waals surface area (Å²) in [4.78, 5) is 25.1. The molecule has 2 N–H and O–H groups in total. The molecular formula is C15H20N2O3.